The Hall–Kier alpha value is -2.56. The minimum Gasteiger partial charge on any atom is -0.618 e. The summed E-state index contributed by atoms with van der Waals surface area (Å²) in [7, 11) is 2.01. The van der Waals surface area contributed by atoms with Gasteiger partial charge < -0.3 is 15.4 Å². The number of nitrogens with one attached hydrogen (secondary N) is 1. The Labute approximate surface area is 124 Å². The van der Waals surface area contributed by atoms with Crippen molar-refractivity contribution >= 4 is 11.6 Å². The van der Waals surface area contributed by atoms with E-state index in [1.54, 1.807) is 12.1 Å². The SMILES string of the molecule is CN(CCCNC(=O)c1cccc[n+]1[O-])c1ccccc1. The quantitative estimate of drug-likeness (QED) is 0.498. The van der Waals surface area contributed by atoms with E-state index in [0.717, 1.165) is 18.7 Å². The van der Waals surface area contributed by atoms with Crippen LogP contribution in [0.1, 0.15) is 16.9 Å². The van der Waals surface area contributed by atoms with Gasteiger partial charge in [-0.3, -0.25) is 4.79 Å². The maximum Gasteiger partial charge on any atom is 0.317 e. The minimum atomic E-state index is -0.340. The first-order valence-corrected chi connectivity index (χ1v) is 6.91. The van der Waals surface area contributed by atoms with Crippen LogP contribution in [0.4, 0.5) is 5.69 Å². The number of pyridine rings is 1. The van der Waals surface area contributed by atoms with Crippen LogP contribution in [0.15, 0.2) is 54.7 Å². The summed E-state index contributed by atoms with van der Waals surface area (Å²) in [5.41, 5.74) is 1.26. The number of hydrogen-bond acceptors (Lipinski definition) is 3. The smallest absolute Gasteiger partial charge is 0.317 e. The van der Waals surface area contributed by atoms with Gasteiger partial charge in [0.15, 0.2) is 6.20 Å². The lowest BCUT2D eigenvalue weighted by molar-refractivity contribution is -0.607. The average molecular weight is 285 g/mol. The van der Waals surface area contributed by atoms with E-state index in [1.165, 1.54) is 12.3 Å². The number of hydrogen-bond donors (Lipinski definition) is 1. The van der Waals surface area contributed by atoms with E-state index in [9.17, 15) is 10.0 Å². The summed E-state index contributed by atoms with van der Waals surface area (Å²) < 4.78 is 0.575. The van der Waals surface area contributed by atoms with Crippen molar-refractivity contribution in [2.45, 2.75) is 6.42 Å². The molecule has 2 aromatic rings. The summed E-state index contributed by atoms with van der Waals surface area (Å²) in [6.45, 7) is 1.36. The van der Waals surface area contributed by atoms with Crippen molar-refractivity contribution in [1.82, 2.24) is 5.32 Å². The first kappa shape index (κ1) is 14.8. The van der Waals surface area contributed by atoms with E-state index >= 15 is 0 Å². The second-order valence-corrected chi connectivity index (χ2v) is 4.78. The van der Waals surface area contributed by atoms with E-state index in [2.05, 4.69) is 10.2 Å². The molecule has 0 aliphatic rings. The highest BCUT2D eigenvalue weighted by Gasteiger charge is 2.13. The van der Waals surface area contributed by atoms with Crippen molar-refractivity contribution in [3.05, 3.63) is 65.6 Å². The molecule has 5 heteroatoms. The number of aromatic nitrogens is 1. The number of rotatable bonds is 6. The summed E-state index contributed by atoms with van der Waals surface area (Å²) in [5, 5.41) is 14.2. The number of para-hydroxylation sites is 1. The van der Waals surface area contributed by atoms with Gasteiger partial charge in [0.05, 0.1) is 0 Å². The number of carbonyl (C=O) groups is 1. The molecule has 5 nitrogen and oxygen atoms in total. The lowest BCUT2D eigenvalue weighted by Crippen LogP contribution is -2.39. The van der Waals surface area contributed by atoms with Gasteiger partial charge in [-0.05, 0) is 24.6 Å². The Balaban J connectivity index is 1.75. The molecule has 0 aliphatic heterocycles. The molecule has 1 amide bonds. The molecule has 21 heavy (non-hydrogen) atoms. The van der Waals surface area contributed by atoms with Gasteiger partial charge in [0.1, 0.15) is 0 Å². The third-order valence-electron chi connectivity index (χ3n) is 3.21. The highest BCUT2D eigenvalue weighted by atomic mass is 16.5. The lowest BCUT2D eigenvalue weighted by atomic mass is 10.3. The fourth-order valence-corrected chi connectivity index (χ4v) is 2.02. The second kappa shape index (κ2) is 7.28. The molecule has 1 aromatic heterocycles. The van der Waals surface area contributed by atoms with E-state index in [0.29, 0.717) is 11.3 Å². The number of nitrogens with zero attached hydrogens (tertiary/aromatic N) is 2. The summed E-state index contributed by atoms with van der Waals surface area (Å²) in [5.74, 6) is -0.340. The number of carbonyl (C=O) groups excluding carboxylic acids is 1. The van der Waals surface area contributed by atoms with E-state index in [4.69, 9.17) is 0 Å². The van der Waals surface area contributed by atoms with Gasteiger partial charge in [-0.1, -0.05) is 18.2 Å². The zero-order valence-corrected chi connectivity index (χ0v) is 12.0. The maximum absolute atomic E-state index is 11.8. The summed E-state index contributed by atoms with van der Waals surface area (Å²) >= 11 is 0. The molecule has 0 radical (unpaired) electrons. The van der Waals surface area contributed by atoms with Gasteiger partial charge in [0.2, 0.25) is 0 Å². The first-order chi connectivity index (χ1) is 10.2. The Kier molecular flexibility index (Phi) is 5.15. The first-order valence-electron chi connectivity index (χ1n) is 6.91. The van der Waals surface area contributed by atoms with Gasteiger partial charge in [0, 0.05) is 38.0 Å². The molecule has 110 valence electrons. The largest absolute Gasteiger partial charge is 0.618 e. The molecule has 1 N–H and O–H groups in total. The Morgan fingerprint density at radius 2 is 1.90 bits per heavy atom. The average Bonchev–Trinajstić information content (AvgIpc) is 2.52. The normalized spacial score (nSPS) is 10.1. The molecular weight excluding hydrogens is 266 g/mol. The lowest BCUT2D eigenvalue weighted by Gasteiger charge is -2.19. The molecule has 0 fully saturated rings. The number of anilines is 1. The molecule has 0 saturated carbocycles. The van der Waals surface area contributed by atoms with E-state index in [-0.39, 0.29) is 11.6 Å². The molecule has 0 atom stereocenters. The van der Waals surface area contributed by atoms with Crippen LogP contribution in [0, 0.1) is 5.21 Å². The van der Waals surface area contributed by atoms with Crippen molar-refractivity contribution < 1.29 is 9.52 Å². The molecule has 0 bridgehead atoms. The Morgan fingerprint density at radius 1 is 1.19 bits per heavy atom. The van der Waals surface area contributed by atoms with Crippen LogP contribution in [-0.2, 0) is 0 Å². The van der Waals surface area contributed by atoms with Crippen molar-refractivity contribution in [2.24, 2.45) is 0 Å². The molecule has 2 rings (SSSR count). The van der Waals surface area contributed by atoms with Crippen molar-refractivity contribution in [3.8, 4) is 0 Å². The standard InChI is InChI=1S/C16H19N3O2/c1-18(14-8-3-2-4-9-14)12-7-11-17-16(20)15-10-5-6-13-19(15)21/h2-6,8-10,13H,7,11-12H2,1H3,(H,17,20). The van der Waals surface area contributed by atoms with Crippen LogP contribution in [0.3, 0.4) is 0 Å². The second-order valence-electron chi connectivity index (χ2n) is 4.78. The van der Waals surface area contributed by atoms with Gasteiger partial charge in [-0.25, -0.2) is 0 Å². The highest BCUT2D eigenvalue weighted by Crippen LogP contribution is 2.10. The summed E-state index contributed by atoms with van der Waals surface area (Å²) in [4.78, 5) is 14.0. The van der Waals surface area contributed by atoms with Crippen LogP contribution in [0.2, 0.25) is 0 Å². The number of benzene rings is 1. The predicted molar refractivity (Wildman–Crippen MR) is 82.1 cm³/mol. The molecule has 0 unspecified atom stereocenters. The van der Waals surface area contributed by atoms with Crippen LogP contribution in [0.25, 0.3) is 0 Å². The van der Waals surface area contributed by atoms with Gasteiger partial charge >= 0.3 is 5.91 Å². The molecule has 0 saturated heterocycles. The van der Waals surface area contributed by atoms with Crippen LogP contribution in [-0.4, -0.2) is 26.0 Å². The van der Waals surface area contributed by atoms with Crippen LogP contribution in [0.5, 0.6) is 0 Å². The van der Waals surface area contributed by atoms with Crippen LogP contribution >= 0.6 is 0 Å². The molecule has 0 spiro atoms. The van der Waals surface area contributed by atoms with Gasteiger partial charge in [-0.2, -0.15) is 4.73 Å². The third-order valence-corrected chi connectivity index (χ3v) is 3.21. The van der Waals surface area contributed by atoms with E-state index < -0.39 is 0 Å². The zero-order chi connectivity index (χ0) is 15.1. The zero-order valence-electron chi connectivity index (χ0n) is 12.0. The molecule has 0 aliphatic carbocycles. The Morgan fingerprint density at radius 3 is 2.62 bits per heavy atom. The van der Waals surface area contributed by atoms with Crippen molar-refractivity contribution in [1.29, 1.82) is 0 Å². The molecule has 1 aromatic carbocycles. The highest BCUT2D eigenvalue weighted by molar-refractivity contribution is 5.90. The summed E-state index contributed by atoms with van der Waals surface area (Å²) in [6, 6.07) is 14.8. The van der Waals surface area contributed by atoms with Gasteiger partial charge in [-0.15, -0.1) is 0 Å². The van der Waals surface area contributed by atoms with Crippen LogP contribution < -0.4 is 14.9 Å². The topological polar surface area (TPSA) is 59.3 Å². The maximum atomic E-state index is 11.8. The van der Waals surface area contributed by atoms with Crippen molar-refractivity contribution in [2.75, 3.05) is 25.0 Å². The Bertz CT molecular complexity index is 587. The van der Waals surface area contributed by atoms with Crippen molar-refractivity contribution in [3.63, 3.8) is 0 Å². The summed E-state index contributed by atoms with van der Waals surface area (Å²) in [6.07, 6.45) is 2.13. The monoisotopic (exact) mass is 285 g/mol. The fraction of sp³-hybridized carbons (Fsp3) is 0.250. The third kappa shape index (κ3) is 4.21. The van der Waals surface area contributed by atoms with Gasteiger partial charge in [0.25, 0.3) is 5.69 Å². The fourth-order valence-electron chi connectivity index (χ4n) is 2.02. The molecule has 1 heterocycles. The van der Waals surface area contributed by atoms with E-state index in [1.807, 2.05) is 37.4 Å². The predicted octanol–water partition coefficient (Wildman–Crippen LogP) is 1.58. The number of amides is 1. The molecular formula is C16H19N3O2. The minimum absolute atomic E-state index is 0.119.